The summed E-state index contributed by atoms with van der Waals surface area (Å²) in [5.74, 6) is -1.05. The molecular weight excluding hydrogens is 370 g/mol. The number of carbonyl (C=O) groups is 2. The standard InChI is InChI=1S/C22H23N3O4/c1-5-25-19-9-7-16(11-18(19)23-15(4)21(25)27)22(28)29-12-20(26)24-17-8-6-13(2)14(3)10-17/h6-11H,5,12H2,1-4H3,(H,24,26). The molecule has 0 fully saturated rings. The van der Waals surface area contributed by atoms with Crippen molar-refractivity contribution >= 4 is 28.6 Å². The summed E-state index contributed by atoms with van der Waals surface area (Å²) >= 11 is 0. The number of benzene rings is 2. The molecule has 0 unspecified atom stereocenters. The Morgan fingerprint density at radius 1 is 1.07 bits per heavy atom. The van der Waals surface area contributed by atoms with E-state index in [1.807, 2.05) is 32.9 Å². The van der Waals surface area contributed by atoms with Gasteiger partial charge in [-0.1, -0.05) is 6.07 Å². The molecule has 1 N–H and O–H groups in total. The van der Waals surface area contributed by atoms with Crippen molar-refractivity contribution in [1.29, 1.82) is 0 Å². The molecule has 1 aromatic heterocycles. The summed E-state index contributed by atoms with van der Waals surface area (Å²) in [6.45, 7) is 7.56. The molecule has 0 spiro atoms. The van der Waals surface area contributed by atoms with Crippen LogP contribution in [0.1, 0.15) is 34.1 Å². The highest BCUT2D eigenvalue weighted by Gasteiger charge is 2.14. The van der Waals surface area contributed by atoms with Crippen molar-refractivity contribution in [3.63, 3.8) is 0 Å². The summed E-state index contributed by atoms with van der Waals surface area (Å²) in [5.41, 5.74) is 4.48. The Balaban J connectivity index is 1.71. The molecule has 7 heteroatoms. The van der Waals surface area contributed by atoms with Crippen molar-refractivity contribution in [2.24, 2.45) is 0 Å². The first-order chi connectivity index (χ1) is 13.8. The molecule has 1 heterocycles. The fraction of sp³-hybridized carbons (Fsp3) is 0.273. The van der Waals surface area contributed by atoms with Crippen LogP contribution in [0, 0.1) is 20.8 Å². The van der Waals surface area contributed by atoms with Crippen LogP contribution >= 0.6 is 0 Å². The molecule has 29 heavy (non-hydrogen) atoms. The normalized spacial score (nSPS) is 10.8. The van der Waals surface area contributed by atoms with Crippen LogP contribution < -0.4 is 10.9 Å². The average Bonchev–Trinajstić information content (AvgIpc) is 2.69. The number of hydrogen-bond acceptors (Lipinski definition) is 5. The maximum atomic E-state index is 12.4. The van der Waals surface area contributed by atoms with Gasteiger partial charge in [-0.15, -0.1) is 0 Å². The van der Waals surface area contributed by atoms with Gasteiger partial charge in [0.2, 0.25) is 0 Å². The maximum Gasteiger partial charge on any atom is 0.338 e. The molecule has 3 aromatic rings. The highest BCUT2D eigenvalue weighted by molar-refractivity contribution is 5.97. The van der Waals surface area contributed by atoms with Crippen molar-refractivity contribution in [1.82, 2.24) is 9.55 Å². The second-order valence-corrected chi connectivity index (χ2v) is 6.87. The van der Waals surface area contributed by atoms with E-state index in [0.717, 1.165) is 11.1 Å². The predicted octanol–water partition coefficient (Wildman–Crippen LogP) is 3.14. The molecule has 1 amide bonds. The van der Waals surface area contributed by atoms with E-state index in [0.29, 0.717) is 29.0 Å². The monoisotopic (exact) mass is 393 g/mol. The van der Waals surface area contributed by atoms with Gasteiger partial charge in [-0.05, 0) is 69.2 Å². The van der Waals surface area contributed by atoms with E-state index in [1.165, 1.54) is 0 Å². The van der Waals surface area contributed by atoms with E-state index < -0.39 is 18.5 Å². The van der Waals surface area contributed by atoms with Crippen molar-refractivity contribution in [2.45, 2.75) is 34.2 Å². The second-order valence-electron chi connectivity index (χ2n) is 6.87. The van der Waals surface area contributed by atoms with Crippen molar-refractivity contribution < 1.29 is 14.3 Å². The SMILES string of the molecule is CCn1c(=O)c(C)nc2cc(C(=O)OCC(=O)Nc3ccc(C)c(C)c3)ccc21. The summed E-state index contributed by atoms with van der Waals surface area (Å²) in [7, 11) is 0. The lowest BCUT2D eigenvalue weighted by Gasteiger charge is -2.10. The number of rotatable bonds is 5. The molecule has 0 aliphatic rings. The van der Waals surface area contributed by atoms with Crippen molar-refractivity contribution in [3.8, 4) is 0 Å². The molecule has 0 atom stereocenters. The number of esters is 1. The first kappa shape index (κ1) is 20.3. The lowest BCUT2D eigenvalue weighted by molar-refractivity contribution is -0.119. The Morgan fingerprint density at radius 2 is 1.83 bits per heavy atom. The fourth-order valence-electron chi connectivity index (χ4n) is 3.05. The van der Waals surface area contributed by atoms with Gasteiger partial charge in [-0.3, -0.25) is 9.59 Å². The van der Waals surface area contributed by atoms with E-state index in [-0.39, 0.29) is 11.1 Å². The van der Waals surface area contributed by atoms with Crippen LogP contribution in [0.5, 0.6) is 0 Å². The minimum atomic E-state index is -0.629. The number of fused-ring (bicyclic) bond motifs is 1. The molecule has 0 saturated heterocycles. The van der Waals surface area contributed by atoms with E-state index in [4.69, 9.17) is 4.74 Å². The summed E-state index contributed by atoms with van der Waals surface area (Å²) in [6.07, 6.45) is 0. The third kappa shape index (κ3) is 4.34. The first-order valence-electron chi connectivity index (χ1n) is 9.35. The van der Waals surface area contributed by atoms with Crippen LogP contribution in [0.4, 0.5) is 5.69 Å². The number of aromatic nitrogens is 2. The van der Waals surface area contributed by atoms with Gasteiger partial charge in [0.1, 0.15) is 5.69 Å². The minimum Gasteiger partial charge on any atom is -0.452 e. The molecule has 150 valence electrons. The Labute approximate surface area is 168 Å². The number of anilines is 1. The van der Waals surface area contributed by atoms with E-state index in [9.17, 15) is 14.4 Å². The maximum absolute atomic E-state index is 12.4. The van der Waals surface area contributed by atoms with Crippen molar-refractivity contribution in [3.05, 3.63) is 69.1 Å². The van der Waals surface area contributed by atoms with E-state index in [2.05, 4.69) is 10.3 Å². The number of carbonyl (C=O) groups excluding carboxylic acids is 2. The number of nitrogens with zero attached hydrogens (tertiary/aromatic N) is 2. The molecule has 3 rings (SSSR count). The van der Waals surface area contributed by atoms with Crippen LogP contribution in [0.3, 0.4) is 0 Å². The van der Waals surface area contributed by atoms with Crippen LogP contribution in [-0.2, 0) is 16.1 Å². The lowest BCUT2D eigenvalue weighted by Crippen LogP contribution is -2.23. The summed E-state index contributed by atoms with van der Waals surface area (Å²) < 4.78 is 6.73. The van der Waals surface area contributed by atoms with Crippen molar-refractivity contribution in [2.75, 3.05) is 11.9 Å². The minimum absolute atomic E-state index is 0.154. The van der Waals surface area contributed by atoms with Gasteiger partial charge < -0.3 is 14.6 Å². The predicted molar refractivity (Wildman–Crippen MR) is 111 cm³/mol. The fourth-order valence-corrected chi connectivity index (χ4v) is 3.05. The van der Waals surface area contributed by atoms with Gasteiger partial charge in [-0.2, -0.15) is 0 Å². The third-order valence-electron chi connectivity index (χ3n) is 4.79. The van der Waals surface area contributed by atoms with E-state index in [1.54, 1.807) is 35.8 Å². The lowest BCUT2D eigenvalue weighted by atomic mass is 10.1. The van der Waals surface area contributed by atoms with Crippen LogP contribution in [0.25, 0.3) is 11.0 Å². The van der Waals surface area contributed by atoms with Crippen LogP contribution in [-0.4, -0.2) is 28.0 Å². The number of ether oxygens (including phenoxy) is 1. The quantitative estimate of drug-likeness (QED) is 0.673. The molecule has 0 radical (unpaired) electrons. The first-order valence-corrected chi connectivity index (χ1v) is 9.35. The molecule has 0 aliphatic heterocycles. The highest BCUT2D eigenvalue weighted by Crippen LogP contribution is 2.16. The zero-order valence-electron chi connectivity index (χ0n) is 16.9. The summed E-state index contributed by atoms with van der Waals surface area (Å²) in [6, 6.07) is 10.4. The van der Waals surface area contributed by atoms with Gasteiger partial charge in [-0.25, -0.2) is 9.78 Å². The Hall–Kier alpha value is -3.48. The largest absolute Gasteiger partial charge is 0.452 e. The zero-order valence-corrected chi connectivity index (χ0v) is 16.9. The topological polar surface area (TPSA) is 90.3 Å². The molecule has 7 nitrogen and oxygen atoms in total. The zero-order chi connectivity index (χ0) is 21.1. The van der Waals surface area contributed by atoms with Gasteiger partial charge in [0.15, 0.2) is 6.61 Å². The van der Waals surface area contributed by atoms with Gasteiger partial charge in [0.05, 0.1) is 16.6 Å². The van der Waals surface area contributed by atoms with Crippen LogP contribution in [0.15, 0.2) is 41.2 Å². The van der Waals surface area contributed by atoms with Gasteiger partial charge >= 0.3 is 5.97 Å². The average molecular weight is 393 g/mol. The number of hydrogen-bond donors (Lipinski definition) is 1. The molecular formula is C22H23N3O4. The summed E-state index contributed by atoms with van der Waals surface area (Å²) in [4.78, 5) is 40.9. The Morgan fingerprint density at radius 3 is 2.52 bits per heavy atom. The molecule has 0 saturated carbocycles. The molecule has 2 aromatic carbocycles. The Kier molecular flexibility index (Phi) is 5.77. The smallest absolute Gasteiger partial charge is 0.338 e. The van der Waals surface area contributed by atoms with Crippen LogP contribution in [0.2, 0.25) is 0 Å². The van der Waals surface area contributed by atoms with E-state index >= 15 is 0 Å². The highest BCUT2D eigenvalue weighted by atomic mass is 16.5. The number of nitrogens with one attached hydrogen (secondary N) is 1. The number of aryl methyl sites for hydroxylation is 4. The molecule has 0 bridgehead atoms. The Bertz CT molecular complexity index is 1160. The number of amides is 1. The summed E-state index contributed by atoms with van der Waals surface area (Å²) in [5, 5.41) is 2.71. The molecule has 0 aliphatic carbocycles. The van der Waals surface area contributed by atoms with Gasteiger partial charge in [0, 0.05) is 12.2 Å². The van der Waals surface area contributed by atoms with Gasteiger partial charge in [0.25, 0.3) is 11.5 Å². The second kappa shape index (κ2) is 8.26. The third-order valence-corrected chi connectivity index (χ3v) is 4.79.